The van der Waals surface area contributed by atoms with Crippen LogP contribution >= 0.6 is 15.9 Å². The molecule has 0 bridgehead atoms. The minimum absolute atomic E-state index is 0.315. The summed E-state index contributed by atoms with van der Waals surface area (Å²) in [4.78, 5) is 12.2. The molecule has 100 valence electrons. The fourth-order valence-electron chi connectivity index (χ4n) is 1.64. The Labute approximate surface area is 118 Å². The summed E-state index contributed by atoms with van der Waals surface area (Å²) >= 11 is 3.36. The molecule has 0 atom stereocenters. The Hall–Kier alpha value is -2.02. The maximum Gasteiger partial charge on any atom is 0.276 e. The first-order valence-corrected chi connectivity index (χ1v) is 6.24. The van der Waals surface area contributed by atoms with Crippen molar-refractivity contribution < 1.29 is 9.53 Å². The van der Waals surface area contributed by atoms with Gasteiger partial charge in [0.05, 0.1) is 24.7 Å². The molecule has 1 amide bonds. The molecule has 7 heteroatoms. The fourth-order valence-corrected chi connectivity index (χ4v) is 1.99. The number of nitrogens with zero attached hydrogens (tertiary/aromatic N) is 2. The van der Waals surface area contributed by atoms with Gasteiger partial charge in [-0.15, -0.1) is 0 Å². The van der Waals surface area contributed by atoms with E-state index in [1.807, 2.05) is 0 Å². The van der Waals surface area contributed by atoms with Gasteiger partial charge >= 0.3 is 0 Å². The highest BCUT2D eigenvalue weighted by atomic mass is 79.9. The summed E-state index contributed by atoms with van der Waals surface area (Å²) in [6, 6.07) is 5.30. The molecule has 0 saturated heterocycles. The molecule has 0 aliphatic carbocycles. The van der Waals surface area contributed by atoms with Crippen LogP contribution < -0.4 is 15.8 Å². The van der Waals surface area contributed by atoms with Crippen molar-refractivity contribution in [3.8, 4) is 5.75 Å². The number of aryl methyl sites for hydroxylation is 1. The van der Waals surface area contributed by atoms with Crippen LogP contribution in [0, 0.1) is 0 Å². The van der Waals surface area contributed by atoms with Crippen LogP contribution in [-0.2, 0) is 7.05 Å². The number of halogens is 1. The van der Waals surface area contributed by atoms with Crippen LogP contribution in [0.5, 0.6) is 5.75 Å². The van der Waals surface area contributed by atoms with Crippen LogP contribution in [0.15, 0.2) is 28.9 Å². The smallest absolute Gasteiger partial charge is 0.276 e. The van der Waals surface area contributed by atoms with E-state index >= 15 is 0 Å². The average molecular weight is 325 g/mol. The number of nitrogens with one attached hydrogen (secondary N) is 1. The number of carbonyl (C=O) groups is 1. The predicted octanol–water partition coefficient (Wildman–Crippen LogP) is 2.03. The van der Waals surface area contributed by atoms with E-state index in [4.69, 9.17) is 10.5 Å². The molecule has 19 heavy (non-hydrogen) atoms. The third-order valence-electron chi connectivity index (χ3n) is 2.60. The van der Waals surface area contributed by atoms with E-state index in [0.29, 0.717) is 22.8 Å². The highest BCUT2D eigenvalue weighted by molar-refractivity contribution is 9.10. The molecule has 3 N–H and O–H groups in total. The van der Waals surface area contributed by atoms with Crippen molar-refractivity contribution in [2.75, 3.05) is 18.2 Å². The third-order valence-corrected chi connectivity index (χ3v) is 3.30. The van der Waals surface area contributed by atoms with Crippen molar-refractivity contribution in [3.05, 3.63) is 34.6 Å². The Morgan fingerprint density at radius 2 is 2.26 bits per heavy atom. The van der Waals surface area contributed by atoms with E-state index < -0.39 is 0 Å². The van der Waals surface area contributed by atoms with E-state index in [-0.39, 0.29) is 5.91 Å². The minimum Gasteiger partial charge on any atom is -0.497 e. The van der Waals surface area contributed by atoms with Gasteiger partial charge < -0.3 is 15.8 Å². The number of ether oxygens (including phenoxy) is 1. The molecule has 0 unspecified atom stereocenters. The lowest BCUT2D eigenvalue weighted by Gasteiger charge is -2.09. The van der Waals surface area contributed by atoms with Crippen LogP contribution in [0.25, 0.3) is 0 Å². The van der Waals surface area contributed by atoms with E-state index in [9.17, 15) is 4.79 Å². The summed E-state index contributed by atoms with van der Waals surface area (Å²) in [7, 11) is 3.22. The molecule has 0 fully saturated rings. The number of amides is 1. The second-order valence-electron chi connectivity index (χ2n) is 3.87. The minimum atomic E-state index is -0.327. The molecule has 0 aliphatic heterocycles. The zero-order valence-corrected chi connectivity index (χ0v) is 12.1. The highest BCUT2D eigenvalue weighted by Gasteiger charge is 2.16. The summed E-state index contributed by atoms with van der Waals surface area (Å²) in [5.74, 6) is 0.322. The first-order chi connectivity index (χ1) is 9.02. The topological polar surface area (TPSA) is 82.2 Å². The van der Waals surface area contributed by atoms with Gasteiger partial charge in [0.2, 0.25) is 0 Å². The van der Waals surface area contributed by atoms with Crippen molar-refractivity contribution in [1.29, 1.82) is 0 Å². The summed E-state index contributed by atoms with van der Waals surface area (Å²) in [5.41, 5.74) is 6.96. The predicted molar refractivity (Wildman–Crippen MR) is 76.3 cm³/mol. The summed E-state index contributed by atoms with van der Waals surface area (Å²) in [6.07, 6.45) is 1.44. The first-order valence-electron chi connectivity index (χ1n) is 5.45. The van der Waals surface area contributed by atoms with Crippen molar-refractivity contribution >= 4 is 33.2 Å². The lowest BCUT2D eigenvalue weighted by atomic mass is 10.2. The Kier molecular flexibility index (Phi) is 3.75. The van der Waals surface area contributed by atoms with Crippen LogP contribution in [-0.4, -0.2) is 22.8 Å². The second kappa shape index (κ2) is 5.31. The number of nitrogen functional groups attached to an aromatic ring is 1. The van der Waals surface area contributed by atoms with Gasteiger partial charge in [-0.25, -0.2) is 0 Å². The van der Waals surface area contributed by atoms with Crippen molar-refractivity contribution in [1.82, 2.24) is 9.78 Å². The molecule has 0 aliphatic rings. The first kappa shape index (κ1) is 13.4. The summed E-state index contributed by atoms with van der Waals surface area (Å²) < 4.78 is 7.30. The number of anilines is 2. The molecule has 2 rings (SSSR count). The molecule has 1 aromatic carbocycles. The zero-order valence-electron chi connectivity index (χ0n) is 10.5. The molecule has 1 aromatic heterocycles. The Morgan fingerprint density at radius 1 is 1.53 bits per heavy atom. The number of carbonyl (C=O) groups excluding carboxylic acids is 1. The van der Waals surface area contributed by atoms with Gasteiger partial charge in [0, 0.05) is 17.6 Å². The number of benzene rings is 1. The number of hydrogen-bond acceptors (Lipinski definition) is 4. The largest absolute Gasteiger partial charge is 0.497 e. The molecule has 6 nitrogen and oxygen atoms in total. The molecule has 0 saturated carbocycles. The van der Waals surface area contributed by atoms with Crippen molar-refractivity contribution in [3.63, 3.8) is 0 Å². The number of hydrogen-bond donors (Lipinski definition) is 2. The van der Waals surface area contributed by atoms with Gasteiger partial charge in [-0.1, -0.05) is 0 Å². The number of methoxy groups -OCH3 is 1. The molecule has 0 spiro atoms. The van der Waals surface area contributed by atoms with E-state index in [1.54, 1.807) is 32.4 Å². The SMILES string of the molecule is COc1ccc(Br)c(NC(=O)c2c(N)cnn2C)c1. The normalized spacial score (nSPS) is 10.3. The van der Waals surface area contributed by atoms with Gasteiger partial charge in [0.1, 0.15) is 11.4 Å². The summed E-state index contributed by atoms with van der Waals surface area (Å²) in [5, 5.41) is 6.69. The van der Waals surface area contributed by atoms with Gasteiger partial charge in [-0.05, 0) is 28.1 Å². The van der Waals surface area contributed by atoms with Crippen LogP contribution in [0.4, 0.5) is 11.4 Å². The number of nitrogens with two attached hydrogens (primary N) is 1. The molecular weight excluding hydrogens is 312 g/mol. The monoisotopic (exact) mass is 324 g/mol. The lowest BCUT2D eigenvalue weighted by molar-refractivity contribution is 0.101. The zero-order chi connectivity index (χ0) is 14.0. The van der Waals surface area contributed by atoms with Gasteiger partial charge in [0.25, 0.3) is 5.91 Å². The molecule has 1 heterocycles. The van der Waals surface area contributed by atoms with E-state index in [2.05, 4.69) is 26.3 Å². The van der Waals surface area contributed by atoms with Gasteiger partial charge in [-0.2, -0.15) is 5.10 Å². The Bertz CT molecular complexity index is 605. The highest BCUT2D eigenvalue weighted by Crippen LogP contribution is 2.27. The quantitative estimate of drug-likeness (QED) is 0.905. The van der Waals surface area contributed by atoms with Crippen LogP contribution in [0.2, 0.25) is 0 Å². The molecular formula is C12H13BrN4O2. The fraction of sp³-hybridized carbons (Fsp3) is 0.167. The maximum absolute atomic E-state index is 12.2. The van der Waals surface area contributed by atoms with E-state index in [1.165, 1.54) is 10.9 Å². The second-order valence-corrected chi connectivity index (χ2v) is 4.73. The third kappa shape index (κ3) is 2.70. The van der Waals surface area contributed by atoms with E-state index in [0.717, 1.165) is 4.47 Å². The van der Waals surface area contributed by atoms with Crippen molar-refractivity contribution in [2.24, 2.45) is 7.05 Å². The standard InChI is InChI=1S/C12H13BrN4O2/c1-17-11(9(14)6-15-17)12(18)16-10-5-7(19-2)3-4-8(10)13/h3-6H,14H2,1-2H3,(H,16,18). The van der Waals surface area contributed by atoms with Crippen molar-refractivity contribution in [2.45, 2.75) is 0 Å². The molecule has 0 radical (unpaired) electrons. The molecule has 2 aromatic rings. The van der Waals surface area contributed by atoms with Crippen LogP contribution in [0.1, 0.15) is 10.5 Å². The average Bonchev–Trinajstić information content (AvgIpc) is 2.71. The lowest BCUT2D eigenvalue weighted by Crippen LogP contribution is -2.18. The Balaban J connectivity index is 2.29. The summed E-state index contributed by atoms with van der Waals surface area (Å²) in [6.45, 7) is 0. The van der Waals surface area contributed by atoms with Gasteiger partial charge in [0.15, 0.2) is 0 Å². The number of aromatic nitrogens is 2. The number of rotatable bonds is 3. The Morgan fingerprint density at radius 3 is 2.84 bits per heavy atom. The van der Waals surface area contributed by atoms with Crippen LogP contribution in [0.3, 0.4) is 0 Å². The van der Waals surface area contributed by atoms with Gasteiger partial charge in [-0.3, -0.25) is 9.48 Å². The maximum atomic E-state index is 12.2.